The van der Waals surface area contributed by atoms with Gasteiger partial charge in [-0.05, 0) is 36.0 Å². The number of carboxylic acid groups (broad SMARTS) is 1. The van der Waals surface area contributed by atoms with E-state index in [0.29, 0.717) is 5.75 Å². The molecule has 0 radical (unpaired) electrons. The van der Waals surface area contributed by atoms with E-state index < -0.39 is 12.1 Å². The fraction of sp³-hybridized carbons (Fsp3) is 0.533. The Kier molecular flexibility index (Phi) is 3.33. The number of rotatable bonds is 4. The van der Waals surface area contributed by atoms with E-state index >= 15 is 0 Å². The molecule has 1 aliphatic rings. The first-order chi connectivity index (χ1) is 8.38. The maximum atomic E-state index is 11.1. The lowest BCUT2D eigenvalue weighted by atomic mass is 9.87. The average molecular weight is 248 g/mol. The van der Waals surface area contributed by atoms with Crippen molar-refractivity contribution in [2.45, 2.75) is 45.1 Å². The van der Waals surface area contributed by atoms with Crippen LogP contribution in [0.1, 0.15) is 39.2 Å². The Hall–Kier alpha value is -1.51. The molecular formula is C15H20O3. The summed E-state index contributed by atoms with van der Waals surface area (Å²) in [6, 6.07) is 7.73. The van der Waals surface area contributed by atoms with Gasteiger partial charge in [0.2, 0.25) is 0 Å². The Bertz CT molecular complexity index is 441. The largest absolute Gasteiger partial charge is 0.478 e. The van der Waals surface area contributed by atoms with Gasteiger partial charge in [0.1, 0.15) is 5.75 Å². The lowest BCUT2D eigenvalue weighted by molar-refractivity contribution is -0.146. The second kappa shape index (κ2) is 4.63. The molecule has 2 rings (SSSR count). The number of benzene rings is 1. The van der Waals surface area contributed by atoms with Crippen LogP contribution in [-0.4, -0.2) is 17.2 Å². The summed E-state index contributed by atoms with van der Waals surface area (Å²) in [5.41, 5.74) is 1.19. The Morgan fingerprint density at radius 2 is 2.06 bits per heavy atom. The number of hydrogen-bond donors (Lipinski definition) is 1. The maximum absolute atomic E-state index is 11.1. The van der Waals surface area contributed by atoms with Crippen molar-refractivity contribution in [3.8, 4) is 5.75 Å². The van der Waals surface area contributed by atoms with Gasteiger partial charge in [0.05, 0.1) is 0 Å². The van der Waals surface area contributed by atoms with E-state index in [1.807, 2.05) is 24.3 Å². The molecule has 0 heterocycles. The smallest absolute Gasteiger partial charge is 0.345 e. The fourth-order valence-electron chi connectivity index (χ4n) is 1.93. The second-order valence-electron chi connectivity index (χ2n) is 5.99. The van der Waals surface area contributed by atoms with Crippen LogP contribution in [0.25, 0.3) is 0 Å². The maximum Gasteiger partial charge on any atom is 0.345 e. The van der Waals surface area contributed by atoms with Crippen LogP contribution in [0.2, 0.25) is 0 Å². The summed E-state index contributed by atoms with van der Waals surface area (Å²) < 4.78 is 5.64. The van der Waals surface area contributed by atoms with Gasteiger partial charge in [-0.1, -0.05) is 32.9 Å². The first kappa shape index (κ1) is 12.9. The normalized spacial score (nSPS) is 17.3. The van der Waals surface area contributed by atoms with E-state index in [2.05, 4.69) is 20.8 Å². The van der Waals surface area contributed by atoms with E-state index in [1.54, 1.807) is 0 Å². The molecule has 1 atom stereocenters. The van der Waals surface area contributed by atoms with Gasteiger partial charge in [-0.3, -0.25) is 0 Å². The Labute approximate surface area is 108 Å². The van der Waals surface area contributed by atoms with Gasteiger partial charge in [0.25, 0.3) is 0 Å². The monoisotopic (exact) mass is 248 g/mol. The lowest BCUT2D eigenvalue weighted by Crippen LogP contribution is -2.29. The van der Waals surface area contributed by atoms with Crippen molar-refractivity contribution in [3.05, 3.63) is 29.8 Å². The van der Waals surface area contributed by atoms with E-state index in [0.717, 1.165) is 18.4 Å². The van der Waals surface area contributed by atoms with E-state index in [1.165, 1.54) is 0 Å². The quantitative estimate of drug-likeness (QED) is 0.889. The van der Waals surface area contributed by atoms with Crippen molar-refractivity contribution in [2.24, 2.45) is 5.92 Å². The summed E-state index contributed by atoms with van der Waals surface area (Å²) in [4.78, 5) is 11.1. The molecule has 0 amide bonds. The first-order valence-corrected chi connectivity index (χ1v) is 6.38. The van der Waals surface area contributed by atoms with Gasteiger partial charge in [-0.2, -0.15) is 0 Å². The molecule has 1 aliphatic carbocycles. The van der Waals surface area contributed by atoms with Crippen LogP contribution in [-0.2, 0) is 10.2 Å². The Morgan fingerprint density at radius 3 is 2.56 bits per heavy atom. The number of aliphatic carboxylic acids is 1. The fourth-order valence-corrected chi connectivity index (χ4v) is 1.93. The highest BCUT2D eigenvalue weighted by molar-refractivity contribution is 5.73. The lowest BCUT2D eigenvalue weighted by Gasteiger charge is -2.21. The van der Waals surface area contributed by atoms with Crippen LogP contribution in [0.5, 0.6) is 5.75 Å². The minimum absolute atomic E-state index is 0.0394. The number of ether oxygens (including phenoxy) is 1. The third-order valence-corrected chi connectivity index (χ3v) is 3.26. The average Bonchev–Trinajstić information content (AvgIpc) is 3.08. The molecular weight excluding hydrogens is 228 g/mol. The van der Waals surface area contributed by atoms with Crippen molar-refractivity contribution in [2.75, 3.05) is 0 Å². The highest BCUT2D eigenvalue weighted by Crippen LogP contribution is 2.35. The molecule has 0 saturated heterocycles. The van der Waals surface area contributed by atoms with Crippen LogP contribution in [0.4, 0.5) is 0 Å². The molecule has 0 aromatic heterocycles. The molecule has 18 heavy (non-hydrogen) atoms. The highest BCUT2D eigenvalue weighted by Gasteiger charge is 2.38. The van der Waals surface area contributed by atoms with Gasteiger partial charge < -0.3 is 9.84 Å². The van der Waals surface area contributed by atoms with Crippen molar-refractivity contribution < 1.29 is 14.6 Å². The van der Waals surface area contributed by atoms with E-state index in [9.17, 15) is 4.79 Å². The summed E-state index contributed by atoms with van der Waals surface area (Å²) >= 11 is 0. The van der Waals surface area contributed by atoms with Crippen LogP contribution < -0.4 is 4.74 Å². The van der Waals surface area contributed by atoms with Gasteiger partial charge in [-0.15, -0.1) is 0 Å². The summed E-state index contributed by atoms with van der Waals surface area (Å²) in [5, 5.41) is 9.15. The van der Waals surface area contributed by atoms with Gasteiger partial charge in [0.15, 0.2) is 6.10 Å². The van der Waals surface area contributed by atoms with Crippen molar-refractivity contribution in [1.82, 2.24) is 0 Å². The summed E-state index contributed by atoms with van der Waals surface area (Å²) in [6.07, 6.45) is 1.21. The first-order valence-electron chi connectivity index (χ1n) is 6.38. The molecule has 1 N–H and O–H groups in total. The number of carboxylic acids is 1. The summed E-state index contributed by atoms with van der Waals surface area (Å²) in [6.45, 7) is 6.38. The molecule has 1 aromatic rings. The zero-order chi connectivity index (χ0) is 13.3. The minimum atomic E-state index is -0.862. The molecule has 3 heteroatoms. The molecule has 1 aromatic carbocycles. The van der Waals surface area contributed by atoms with Gasteiger partial charge in [0, 0.05) is 5.92 Å². The van der Waals surface area contributed by atoms with Crippen molar-refractivity contribution >= 4 is 5.97 Å². The Morgan fingerprint density at radius 1 is 1.39 bits per heavy atom. The summed E-state index contributed by atoms with van der Waals surface area (Å²) in [5.74, 6) is -0.0267. The zero-order valence-corrected chi connectivity index (χ0v) is 11.1. The predicted octanol–water partition coefficient (Wildman–Crippen LogP) is 3.23. The second-order valence-corrected chi connectivity index (χ2v) is 5.99. The van der Waals surface area contributed by atoms with Crippen LogP contribution >= 0.6 is 0 Å². The topological polar surface area (TPSA) is 46.5 Å². The number of hydrogen-bond acceptors (Lipinski definition) is 2. The van der Waals surface area contributed by atoms with Crippen LogP contribution in [0.3, 0.4) is 0 Å². The third-order valence-electron chi connectivity index (χ3n) is 3.26. The highest BCUT2D eigenvalue weighted by atomic mass is 16.5. The third kappa shape index (κ3) is 3.03. The molecule has 0 spiro atoms. The van der Waals surface area contributed by atoms with Crippen LogP contribution in [0.15, 0.2) is 24.3 Å². The molecule has 0 aliphatic heterocycles. The molecule has 1 unspecified atom stereocenters. The van der Waals surface area contributed by atoms with Crippen molar-refractivity contribution in [3.63, 3.8) is 0 Å². The van der Waals surface area contributed by atoms with Gasteiger partial charge >= 0.3 is 5.97 Å². The standard InChI is InChI=1S/C15H20O3/c1-15(2,3)11-5-4-6-12(9-11)18-13(14(16)17)10-7-8-10/h4-6,9-10,13H,7-8H2,1-3H3,(H,16,17). The molecule has 1 saturated carbocycles. The SMILES string of the molecule is CC(C)(C)c1cccc(OC(C(=O)O)C2CC2)c1. The molecule has 1 fully saturated rings. The van der Waals surface area contributed by atoms with Gasteiger partial charge in [-0.25, -0.2) is 4.79 Å². The molecule has 3 nitrogen and oxygen atoms in total. The minimum Gasteiger partial charge on any atom is -0.478 e. The number of carbonyl (C=O) groups is 1. The van der Waals surface area contributed by atoms with Crippen LogP contribution in [0, 0.1) is 5.92 Å². The summed E-state index contributed by atoms with van der Waals surface area (Å²) in [7, 11) is 0. The van der Waals surface area contributed by atoms with E-state index in [-0.39, 0.29) is 11.3 Å². The van der Waals surface area contributed by atoms with E-state index in [4.69, 9.17) is 9.84 Å². The van der Waals surface area contributed by atoms with Crippen molar-refractivity contribution in [1.29, 1.82) is 0 Å². The predicted molar refractivity (Wildman–Crippen MR) is 69.9 cm³/mol. The zero-order valence-electron chi connectivity index (χ0n) is 11.1. The molecule has 0 bridgehead atoms. The Balaban J connectivity index is 2.15. The molecule has 98 valence electrons.